The van der Waals surface area contributed by atoms with E-state index in [4.69, 9.17) is 0 Å². The average molecular weight is 372 g/mol. The lowest BCUT2D eigenvalue weighted by atomic mass is 10.00. The predicted octanol–water partition coefficient (Wildman–Crippen LogP) is 5.10. The molecule has 1 aliphatic rings. The Hall–Kier alpha value is -3.05. The number of hydrogen-bond donors (Lipinski definition) is 1. The highest BCUT2D eigenvalue weighted by Crippen LogP contribution is 2.38. The van der Waals surface area contributed by atoms with E-state index in [2.05, 4.69) is 44.3 Å². The van der Waals surface area contributed by atoms with E-state index >= 15 is 0 Å². The fourth-order valence-corrected chi connectivity index (χ4v) is 4.24. The highest BCUT2D eigenvalue weighted by atomic mass is 19.1. The van der Waals surface area contributed by atoms with Crippen molar-refractivity contribution in [2.45, 2.75) is 25.4 Å². The molecule has 0 saturated carbocycles. The molecule has 3 heterocycles. The van der Waals surface area contributed by atoms with Crippen molar-refractivity contribution < 1.29 is 4.39 Å². The van der Waals surface area contributed by atoms with Crippen LogP contribution in [0.25, 0.3) is 22.0 Å². The van der Waals surface area contributed by atoms with Crippen molar-refractivity contribution in [3.05, 3.63) is 84.1 Å². The second kappa shape index (κ2) is 7.17. The Balaban J connectivity index is 1.45. The first kappa shape index (κ1) is 17.1. The summed E-state index contributed by atoms with van der Waals surface area (Å²) in [6.45, 7) is 1.87. The fraction of sp³-hybridized carbons (Fsp3) is 0.217. The van der Waals surface area contributed by atoms with Crippen molar-refractivity contribution >= 4 is 10.9 Å². The van der Waals surface area contributed by atoms with Crippen molar-refractivity contribution in [1.82, 2.24) is 20.1 Å². The van der Waals surface area contributed by atoms with E-state index in [-0.39, 0.29) is 11.9 Å². The lowest BCUT2D eigenvalue weighted by molar-refractivity contribution is 0.245. The van der Waals surface area contributed by atoms with Crippen LogP contribution in [0.5, 0.6) is 0 Å². The maximum absolute atomic E-state index is 14.4. The second-order valence-electron chi connectivity index (χ2n) is 7.34. The van der Waals surface area contributed by atoms with Gasteiger partial charge in [-0.2, -0.15) is 5.10 Å². The molecule has 4 nitrogen and oxygen atoms in total. The number of aromatic nitrogens is 3. The van der Waals surface area contributed by atoms with E-state index in [9.17, 15) is 4.39 Å². The van der Waals surface area contributed by atoms with Crippen LogP contribution < -0.4 is 0 Å². The molecule has 1 saturated heterocycles. The normalized spacial score (nSPS) is 17.4. The first-order valence-corrected chi connectivity index (χ1v) is 9.65. The van der Waals surface area contributed by atoms with Crippen LogP contribution in [-0.2, 0) is 6.54 Å². The molecule has 0 aliphatic carbocycles. The van der Waals surface area contributed by atoms with E-state index < -0.39 is 0 Å². The van der Waals surface area contributed by atoms with Crippen LogP contribution in [0.1, 0.15) is 30.1 Å². The van der Waals surface area contributed by atoms with Gasteiger partial charge in [0.1, 0.15) is 5.82 Å². The van der Waals surface area contributed by atoms with Gasteiger partial charge in [0.25, 0.3) is 0 Å². The van der Waals surface area contributed by atoms with Gasteiger partial charge >= 0.3 is 0 Å². The van der Waals surface area contributed by atoms with E-state index in [1.165, 1.54) is 11.6 Å². The smallest absolute Gasteiger partial charge is 0.131 e. The topological polar surface area (TPSA) is 44.8 Å². The lowest BCUT2D eigenvalue weighted by Crippen LogP contribution is -2.23. The maximum Gasteiger partial charge on any atom is 0.131 e. The van der Waals surface area contributed by atoms with Gasteiger partial charge in [-0.05, 0) is 49.2 Å². The maximum atomic E-state index is 14.4. The molecule has 5 rings (SSSR count). The number of pyridine rings is 1. The molecule has 2 aromatic heterocycles. The molecular weight excluding hydrogens is 351 g/mol. The molecule has 0 radical (unpaired) electrons. The minimum absolute atomic E-state index is 0.210. The number of likely N-dealkylation sites (tertiary alicyclic amines) is 1. The Morgan fingerprint density at radius 1 is 1.07 bits per heavy atom. The van der Waals surface area contributed by atoms with Crippen LogP contribution in [0, 0.1) is 5.82 Å². The lowest BCUT2D eigenvalue weighted by Gasteiger charge is -2.25. The van der Waals surface area contributed by atoms with Crippen molar-refractivity contribution in [1.29, 1.82) is 0 Å². The molecule has 0 bridgehead atoms. The zero-order valence-electron chi connectivity index (χ0n) is 15.5. The van der Waals surface area contributed by atoms with Crippen LogP contribution in [-0.4, -0.2) is 26.6 Å². The van der Waals surface area contributed by atoms with E-state index in [1.54, 1.807) is 12.3 Å². The van der Waals surface area contributed by atoms with Crippen LogP contribution in [0.2, 0.25) is 0 Å². The summed E-state index contributed by atoms with van der Waals surface area (Å²) in [6, 6.07) is 17.6. The Kier molecular flexibility index (Phi) is 4.37. The molecule has 28 heavy (non-hydrogen) atoms. The quantitative estimate of drug-likeness (QED) is 0.542. The number of aromatic amines is 1. The van der Waals surface area contributed by atoms with Gasteiger partial charge in [0, 0.05) is 29.3 Å². The summed E-state index contributed by atoms with van der Waals surface area (Å²) in [7, 11) is 0. The predicted molar refractivity (Wildman–Crippen MR) is 108 cm³/mol. The van der Waals surface area contributed by atoms with Gasteiger partial charge in [-0.25, -0.2) is 4.39 Å². The standard InChI is InChI=1S/C23H21FN4/c24-20-7-2-1-6-18(20)19-14-26-27-23(19)22-8-4-12-28(22)15-16-9-10-21-17(13-16)5-3-11-25-21/h1-3,5-7,9-11,13-14,22H,4,8,12,15H2,(H,26,27)/t22-/m0/s1. The number of hydrogen-bond acceptors (Lipinski definition) is 3. The third kappa shape index (κ3) is 3.08. The average Bonchev–Trinajstić information content (AvgIpc) is 3.37. The molecule has 0 unspecified atom stereocenters. The Bertz CT molecular complexity index is 1120. The van der Waals surface area contributed by atoms with Crippen molar-refractivity contribution in [2.75, 3.05) is 6.54 Å². The molecule has 1 fully saturated rings. The highest BCUT2D eigenvalue weighted by Gasteiger charge is 2.30. The monoisotopic (exact) mass is 372 g/mol. The summed E-state index contributed by atoms with van der Waals surface area (Å²) >= 11 is 0. The molecular formula is C23H21FN4. The van der Waals surface area contributed by atoms with Crippen molar-refractivity contribution in [3.63, 3.8) is 0 Å². The Morgan fingerprint density at radius 2 is 2.00 bits per heavy atom. The second-order valence-corrected chi connectivity index (χ2v) is 7.34. The van der Waals surface area contributed by atoms with E-state index in [0.29, 0.717) is 5.56 Å². The summed E-state index contributed by atoms with van der Waals surface area (Å²) in [5.41, 5.74) is 4.75. The third-order valence-corrected chi connectivity index (χ3v) is 5.58. The molecule has 1 atom stereocenters. The number of benzene rings is 2. The summed E-state index contributed by atoms with van der Waals surface area (Å²) in [4.78, 5) is 6.85. The first-order chi connectivity index (χ1) is 13.8. The molecule has 5 heteroatoms. The van der Waals surface area contributed by atoms with E-state index in [0.717, 1.165) is 48.1 Å². The minimum atomic E-state index is -0.211. The van der Waals surface area contributed by atoms with Gasteiger partial charge < -0.3 is 0 Å². The third-order valence-electron chi connectivity index (χ3n) is 5.58. The van der Waals surface area contributed by atoms with Gasteiger partial charge in [-0.15, -0.1) is 0 Å². The van der Waals surface area contributed by atoms with Crippen molar-refractivity contribution in [2.24, 2.45) is 0 Å². The van der Waals surface area contributed by atoms with Crippen LogP contribution >= 0.6 is 0 Å². The summed E-state index contributed by atoms with van der Waals surface area (Å²) < 4.78 is 14.4. The fourth-order valence-electron chi connectivity index (χ4n) is 4.24. The van der Waals surface area contributed by atoms with E-state index in [1.807, 2.05) is 24.4 Å². The summed E-state index contributed by atoms with van der Waals surface area (Å²) in [6.07, 6.45) is 5.72. The van der Waals surface area contributed by atoms with Crippen LogP contribution in [0.3, 0.4) is 0 Å². The number of fused-ring (bicyclic) bond motifs is 1. The number of rotatable bonds is 4. The molecule has 1 N–H and O–H groups in total. The number of nitrogens with one attached hydrogen (secondary N) is 1. The molecule has 2 aromatic carbocycles. The first-order valence-electron chi connectivity index (χ1n) is 9.65. The van der Waals surface area contributed by atoms with Gasteiger partial charge in [-0.3, -0.25) is 15.0 Å². The Morgan fingerprint density at radius 3 is 2.93 bits per heavy atom. The van der Waals surface area contributed by atoms with Crippen LogP contribution in [0.15, 0.2) is 67.0 Å². The summed E-state index contributed by atoms with van der Waals surface area (Å²) in [5, 5.41) is 8.55. The zero-order chi connectivity index (χ0) is 18.9. The molecule has 1 aliphatic heterocycles. The summed E-state index contributed by atoms with van der Waals surface area (Å²) in [5.74, 6) is -0.211. The minimum Gasteiger partial charge on any atom is -0.291 e. The largest absolute Gasteiger partial charge is 0.291 e. The Labute approximate surface area is 163 Å². The molecule has 0 amide bonds. The molecule has 140 valence electrons. The number of nitrogens with zero attached hydrogens (tertiary/aromatic N) is 3. The van der Waals surface area contributed by atoms with Crippen molar-refractivity contribution in [3.8, 4) is 11.1 Å². The van der Waals surface area contributed by atoms with Gasteiger partial charge in [-0.1, -0.05) is 30.3 Å². The molecule has 4 aromatic rings. The number of halogens is 1. The zero-order valence-corrected chi connectivity index (χ0v) is 15.5. The number of H-pyrrole nitrogens is 1. The molecule has 0 spiro atoms. The van der Waals surface area contributed by atoms with Gasteiger partial charge in [0.05, 0.1) is 23.4 Å². The van der Waals surface area contributed by atoms with Gasteiger partial charge in [0.2, 0.25) is 0 Å². The SMILES string of the molecule is Fc1ccccc1-c1cn[nH]c1[C@@H]1CCCN1Cc1ccc2ncccc2c1. The van der Waals surface area contributed by atoms with Crippen LogP contribution in [0.4, 0.5) is 4.39 Å². The highest BCUT2D eigenvalue weighted by molar-refractivity contribution is 5.78. The van der Waals surface area contributed by atoms with Gasteiger partial charge in [0.15, 0.2) is 0 Å².